The first kappa shape index (κ1) is 47.1. The minimum absolute atomic E-state index is 0.230. The number of aromatic nitrogens is 6. The molecule has 0 aliphatic carbocycles. The van der Waals surface area contributed by atoms with E-state index in [9.17, 15) is 14.4 Å². The largest absolute Gasteiger partial charge is 0.488 e. The van der Waals surface area contributed by atoms with Gasteiger partial charge in [-0.3, -0.25) is 18.8 Å². The number of carbonyl (C=O) groups is 3. The van der Waals surface area contributed by atoms with Gasteiger partial charge in [0.2, 0.25) is 5.91 Å². The van der Waals surface area contributed by atoms with Crippen LogP contribution in [-0.2, 0) is 24.4 Å². The van der Waals surface area contributed by atoms with Gasteiger partial charge in [-0.15, -0.1) is 0 Å². The summed E-state index contributed by atoms with van der Waals surface area (Å²) in [7, 11) is -3.06. The number of fused-ring (bicyclic) bond motifs is 3. The fraction of sp³-hybridized carbons (Fsp3) is 0.0870. The summed E-state index contributed by atoms with van der Waals surface area (Å²) < 4.78 is 10.1. The molecule has 3 aromatic heterocycles. The Hall–Kier alpha value is -7.91. The lowest BCUT2D eigenvalue weighted by atomic mass is 9.80. The van der Waals surface area contributed by atoms with E-state index in [1.54, 1.807) is 114 Å². The number of nitrogens with zero attached hydrogens (tertiary/aromatic N) is 6. The second-order valence-electron chi connectivity index (χ2n) is 15.2. The Balaban J connectivity index is 0.000000149. The van der Waals surface area contributed by atoms with Gasteiger partial charge in [0.05, 0.1) is 73.0 Å². The molecule has 9 N–H and O–H groups in total. The Labute approximate surface area is 382 Å². The van der Waals surface area contributed by atoms with Gasteiger partial charge in [0.25, 0.3) is 0 Å². The molecule has 1 amide bonds. The summed E-state index contributed by atoms with van der Waals surface area (Å²) in [4.78, 5) is 33.7. The molecular formula is C46H42B3N7O11. The summed E-state index contributed by atoms with van der Waals surface area (Å²) in [6.07, 6.45) is 5.02. The van der Waals surface area contributed by atoms with E-state index in [2.05, 4.69) is 15.3 Å². The number of benzene rings is 6. The van der Waals surface area contributed by atoms with E-state index in [1.165, 1.54) is 7.11 Å². The molecule has 0 saturated carbocycles. The fourth-order valence-electron chi connectivity index (χ4n) is 7.07. The summed E-state index contributed by atoms with van der Waals surface area (Å²) in [5.41, 5.74) is 13.3. The van der Waals surface area contributed by atoms with E-state index in [-0.39, 0.29) is 11.5 Å². The zero-order chi connectivity index (χ0) is 47.8. The van der Waals surface area contributed by atoms with E-state index in [0.29, 0.717) is 47.1 Å². The summed E-state index contributed by atoms with van der Waals surface area (Å²) >= 11 is 0. The van der Waals surface area contributed by atoms with Crippen LogP contribution in [0.15, 0.2) is 146 Å². The highest BCUT2D eigenvalue weighted by Gasteiger charge is 2.15. The maximum absolute atomic E-state index is 11.6. The molecule has 3 heterocycles. The van der Waals surface area contributed by atoms with Crippen molar-refractivity contribution in [2.45, 2.75) is 19.6 Å². The van der Waals surface area contributed by atoms with E-state index in [1.807, 2.05) is 45.8 Å². The van der Waals surface area contributed by atoms with Crippen molar-refractivity contribution in [1.82, 2.24) is 29.3 Å². The molecule has 6 aromatic carbocycles. The number of methoxy groups -OCH3 is 1. The smallest absolute Gasteiger partial charge is 0.478 e. The Bertz CT molecular complexity index is 3030. The average molecular weight is 901 g/mol. The molecule has 67 heavy (non-hydrogen) atoms. The van der Waals surface area contributed by atoms with Gasteiger partial charge in [0, 0.05) is 21.7 Å². The van der Waals surface area contributed by atoms with Crippen LogP contribution in [0.25, 0.3) is 32.7 Å². The topological polar surface area (TPSA) is 282 Å². The summed E-state index contributed by atoms with van der Waals surface area (Å²) in [5, 5.41) is 78.9. The number of carboxylic acids is 1. The SMILES string of the molecule is COC(=O)c1ccc2c(cnn2Cc2ccc(B(O)O)cc2)c1.NC(=O)c1ccc2c(cnn2Cc2ccc(B(O)O)cc2)c1.O=C(O)c1ccc2c(cnn2Cc2ccc(B(O)O)cc2)c1. The second-order valence-corrected chi connectivity index (χ2v) is 15.2. The van der Waals surface area contributed by atoms with Crippen LogP contribution in [0.1, 0.15) is 47.8 Å². The highest BCUT2D eigenvalue weighted by Crippen LogP contribution is 2.20. The lowest BCUT2D eigenvalue weighted by molar-refractivity contribution is 0.0599. The average Bonchev–Trinajstić information content (AvgIpc) is 4.05. The van der Waals surface area contributed by atoms with Crippen LogP contribution in [0.5, 0.6) is 0 Å². The van der Waals surface area contributed by atoms with Crippen molar-refractivity contribution in [2.75, 3.05) is 7.11 Å². The first-order valence-electron chi connectivity index (χ1n) is 20.5. The predicted molar refractivity (Wildman–Crippen MR) is 252 cm³/mol. The second kappa shape index (κ2) is 20.9. The molecule has 9 aromatic rings. The maximum Gasteiger partial charge on any atom is 0.488 e. The van der Waals surface area contributed by atoms with Crippen LogP contribution in [-0.4, -0.2) is 111 Å². The summed E-state index contributed by atoms with van der Waals surface area (Å²) in [5.74, 6) is -1.81. The molecule has 0 unspecified atom stereocenters. The minimum atomic E-state index is -1.48. The van der Waals surface area contributed by atoms with Crippen molar-refractivity contribution < 1.29 is 54.4 Å². The molecule has 0 spiro atoms. The van der Waals surface area contributed by atoms with E-state index in [4.69, 9.17) is 45.7 Å². The quantitative estimate of drug-likeness (QED) is 0.0625. The highest BCUT2D eigenvalue weighted by atomic mass is 16.5. The van der Waals surface area contributed by atoms with Crippen LogP contribution < -0.4 is 22.1 Å². The molecule has 0 bridgehead atoms. The van der Waals surface area contributed by atoms with Crippen LogP contribution in [0.3, 0.4) is 0 Å². The molecule has 0 saturated heterocycles. The number of aromatic carboxylic acids is 1. The van der Waals surface area contributed by atoms with Gasteiger partial charge >= 0.3 is 33.3 Å². The zero-order valence-electron chi connectivity index (χ0n) is 35.7. The van der Waals surface area contributed by atoms with Gasteiger partial charge in [-0.25, -0.2) is 9.59 Å². The first-order valence-corrected chi connectivity index (χ1v) is 20.5. The molecule has 9 rings (SSSR count). The maximum atomic E-state index is 11.6. The molecule has 0 fully saturated rings. The number of carboxylic acid groups (broad SMARTS) is 1. The van der Waals surface area contributed by atoms with Crippen molar-refractivity contribution in [3.63, 3.8) is 0 Å². The molecule has 18 nitrogen and oxygen atoms in total. The fourth-order valence-corrected chi connectivity index (χ4v) is 7.07. The van der Waals surface area contributed by atoms with E-state index < -0.39 is 33.2 Å². The highest BCUT2D eigenvalue weighted by molar-refractivity contribution is 6.59. The number of nitrogens with two attached hydrogens (primary N) is 1. The van der Waals surface area contributed by atoms with E-state index in [0.717, 1.165) is 49.4 Å². The van der Waals surface area contributed by atoms with Gasteiger partial charge in [0.1, 0.15) is 0 Å². The molecule has 0 radical (unpaired) electrons. The zero-order valence-corrected chi connectivity index (χ0v) is 35.7. The van der Waals surface area contributed by atoms with Crippen molar-refractivity contribution in [3.8, 4) is 0 Å². The van der Waals surface area contributed by atoms with Crippen LogP contribution in [0, 0.1) is 0 Å². The summed E-state index contributed by atoms with van der Waals surface area (Å²) in [6, 6.07) is 36.2. The molecule has 0 atom stereocenters. The van der Waals surface area contributed by atoms with Crippen molar-refractivity contribution in [3.05, 3.63) is 179 Å². The number of hydrogen-bond donors (Lipinski definition) is 8. The van der Waals surface area contributed by atoms with Gasteiger partial charge in [-0.05, 0) is 87.7 Å². The normalized spacial score (nSPS) is 10.8. The Kier molecular flexibility index (Phi) is 14.7. The Morgan fingerprint density at radius 2 is 0.806 bits per heavy atom. The molecule has 0 aliphatic rings. The van der Waals surface area contributed by atoms with Gasteiger partial charge in [-0.2, -0.15) is 15.3 Å². The number of amides is 1. The van der Waals surface area contributed by atoms with Crippen LogP contribution in [0.4, 0.5) is 0 Å². The third-order valence-electron chi connectivity index (χ3n) is 10.7. The third-order valence-corrected chi connectivity index (χ3v) is 10.7. The van der Waals surface area contributed by atoms with Crippen LogP contribution >= 0.6 is 0 Å². The van der Waals surface area contributed by atoms with Crippen molar-refractivity contribution in [2.24, 2.45) is 5.73 Å². The lowest BCUT2D eigenvalue weighted by Gasteiger charge is -2.06. The number of rotatable bonds is 12. The lowest BCUT2D eigenvalue weighted by Crippen LogP contribution is -2.29. The van der Waals surface area contributed by atoms with Crippen LogP contribution in [0.2, 0.25) is 0 Å². The van der Waals surface area contributed by atoms with Crippen molar-refractivity contribution >= 4 is 88.3 Å². The predicted octanol–water partition coefficient (Wildman–Crippen LogP) is 0.877. The molecular weight excluding hydrogens is 859 g/mol. The van der Waals surface area contributed by atoms with Gasteiger partial charge < -0.3 is 45.7 Å². The third kappa shape index (κ3) is 11.5. The summed E-state index contributed by atoms with van der Waals surface area (Å²) in [6.45, 7) is 1.60. The number of ether oxygens (including phenoxy) is 1. The number of esters is 1. The first-order chi connectivity index (χ1) is 32.2. The van der Waals surface area contributed by atoms with Gasteiger partial charge in [-0.1, -0.05) is 72.8 Å². The standard InChI is InChI=1S/C16H15BN2O4.C15H14BN3O3.C15H13BN2O4/c1-23-16(20)12-4-7-15-13(8-12)9-18-19(15)10-11-2-5-14(6-3-11)17(21)22;17-15(20)11-3-6-14-12(7-11)8-18-19(14)9-10-1-4-13(5-2-10)16(21)22;19-15(20)11-3-6-14-12(7-11)8-17-18(14)9-10-1-4-13(5-2-10)16(21)22/h2-9,21-22H,10H2,1H3;1-8,21-22H,9H2,(H2,17,20);1-8,21-22H,9H2,(H,19,20). The Morgan fingerprint density at radius 1 is 0.493 bits per heavy atom. The number of primary amides is 1. The number of carbonyl (C=O) groups excluding carboxylic acids is 2. The minimum Gasteiger partial charge on any atom is -0.478 e. The van der Waals surface area contributed by atoms with E-state index >= 15 is 0 Å². The Morgan fingerprint density at radius 3 is 1.12 bits per heavy atom. The van der Waals surface area contributed by atoms with Crippen molar-refractivity contribution in [1.29, 1.82) is 0 Å². The van der Waals surface area contributed by atoms with Gasteiger partial charge in [0.15, 0.2) is 0 Å². The number of hydrogen-bond acceptors (Lipinski definition) is 13. The monoisotopic (exact) mass is 901 g/mol. The molecule has 21 heteroatoms. The molecule has 336 valence electrons. The molecule has 0 aliphatic heterocycles.